The van der Waals surface area contributed by atoms with Crippen molar-refractivity contribution in [1.82, 2.24) is 15.2 Å². The predicted molar refractivity (Wildman–Crippen MR) is 90.5 cm³/mol. The summed E-state index contributed by atoms with van der Waals surface area (Å²) in [6, 6.07) is 0. The maximum atomic E-state index is 4.77. The van der Waals surface area contributed by atoms with Crippen molar-refractivity contribution in [3.8, 4) is 0 Å². The Bertz CT molecular complexity index is 411. The largest absolute Gasteiger partial charge is 0.306 e. The fraction of sp³-hybridized carbons (Fsp3) is 0.800. The topological polar surface area (TPSA) is 28.2 Å². The van der Waals surface area contributed by atoms with Gasteiger partial charge in [0.1, 0.15) is 5.01 Å². The molecule has 1 saturated heterocycles. The third-order valence-electron chi connectivity index (χ3n) is 3.43. The van der Waals surface area contributed by atoms with Crippen molar-refractivity contribution in [1.29, 1.82) is 0 Å². The average molecular weight is 314 g/mol. The third kappa shape index (κ3) is 5.35. The van der Waals surface area contributed by atoms with Crippen LogP contribution < -0.4 is 5.32 Å². The van der Waals surface area contributed by atoms with E-state index >= 15 is 0 Å². The van der Waals surface area contributed by atoms with Crippen molar-refractivity contribution in [2.24, 2.45) is 0 Å². The van der Waals surface area contributed by atoms with Crippen LogP contribution in [0.25, 0.3) is 0 Å². The molecule has 2 heterocycles. The van der Waals surface area contributed by atoms with Crippen molar-refractivity contribution in [2.45, 2.75) is 58.0 Å². The Balaban J connectivity index is 1.83. The molecule has 114 valence electrons. The zero-order chi connectivity index (χ0) is 14.6. The highest BCUT2D eigenvalue weighted by atomic mass is 32.2. The maximum Gasteiger partial charge on any atom is 0.107 e. The second kappa shape index (κ2) is 7.25. The minimum Gasteiger partial charge on any atom is -0.306 e. The van der Waals surface area contributed by atoms with Crippen LogP contribution in [0.3, 0.4) is 0 Å². The molecular weight excluding hydrogens is 286 g/mol. The van der Waals surface area contributed by atoms with Gasteiger partial charge in [0, 0.05) is 48.1 Å². The smallest absolute Gasteiger partial charge is 0.107 e. The normalized spacial score (nSPS) is 21.3. The molecular formula is C15H27N3S2. The van der Waals surface area contributed by atoms with Crippen molar-refractivity contribution >= 4 is 23.1 Å². The monoisotopic (exact) mass is 313 g/mol. The first-order chi connectivity index (χ1) is 9.46. The van der Waals surface area contributed by atoms with Gasteiger partial charge in [-0.25, -0.2) is 4.98 Å². The lowest BCUT2D eigenvalue weighted by atomic mass is 10.1. The average Bonchev–Trinajstić information content (AvgIpc) is 2.83. The highest BCUT2D eigenvalue weighted by Crippen LogP contribution is 2.22. The molecule has 0 radical (unpaired) electrons. The quantitative estimate of drug-likeness (QED) is 0.902. The van der Waals surface area contributed by atoms with E-state index in [1.165, 1.54) is 36.0 Å². The first kappa shape index (κ1) is 16.3. The summed E-state index contributed by atoms with van der Waals surface area (Å²) < 4.78 is 0. The minimum absolute atomic E-state index is 0.157. The van der Waals surface area contributed by atoms with Gasteiger partial charge in [-0.2, -0.15) is 11.8 Å². The number of nitrogens with one attached hydrogen (secondary N) is 1. The van der Waals surface area contributed by atoms with Crippen LogP contribution in [0.15, 0.2) is 5.38 Å². The number of thiazole rings is 1. The number of hydrogen-bond donors (Lipinski definition) is 1. The number of rotatable bonds is 5. The summed E-state index contributed by atoms with van der Waals surface area (Å²) in [5.41, 5.74) is 1.40. The lowest BCUT2D eigenvalue weighted by Crippen LogP contribution is -2.37. The van der Waals surface area contributed by atoms with E-state index in [-0.39, 0.29) is 5.54 Å². The van der Waals surface area contributed by atoms with E-state index in [9.17, 15) is 0 Å². The van der Waals surface area contributed by atoms with Gasteiger partial charge in [0.05, 0.1) is 5.69 Å². The van der Waals surface area contributed by atoms with Crippen LogP contribution in [-0.4, -0.2) is 39.5 Å². The molecule has 0 bridgehead atoms. The summed E-state index contributed by atoms with van der Waals surface area (Å²) in [6.07, 6.45) is 1.28. The molecule has 1 fully saturated rings. The van der Waals surface area contributed by atoms with Crippen molar-refractivity contribution in [3.05, 3.63) is 16.1 Å². The Morgan fingerprint density at radius 1 is 1.45 bits per heavy atom. The molecule has 5 heteroatoms. The number of nitrogens with zero attached hydrogens (tertiary/aromatic N) is 2. The fourth-order valence-corrected chi connectivity index (χ4v) is 4.22. The van der Waals surface area contributed by atoms with E-state index in [0.717, 1.165) is 18.3 Å². The van der Waals surface area contributed by atoms with Crippen LogP contribution in [-0.2, 0) is 13.1 Å². The molecule has 2 rings (SSSR count). The Labute approximate surface area is 131 Å². The first-order valence-corrected chi connectivity index (χ1v) is 9.41. The van der Waals surface area contributed by atoms with Gasteiger partial charge in [0.15, 0.2) is 0 Å². The van der Waals surface area contributed by atoms with Crippen molar-refractivity contribution in [3.63, 3.8) is 0 Å². The van der Waals surface area contributed by atoms with Crippen LogP contribution in [0.2, 0.25) is 0 Å². The summed E-state index contributed by atoms with van der Waals surface area (Å²) >= 11 is 3.90. The van der Waals surface area contributed by atoms with Gasteiger partial charge in [-0.15, -0.1) is 11.3 Å². The molecule has 1 aromatic heterocycles. The van der Waals surface area contributed by atoms with Crippen LogP contribution >= 0.6 is 23.1 Å². The van der Waals surface area contributed by atoms with Gasteiger partial charge in [0.25, 0.3) is 0 Å². The molecule has 1 aliphatic rings. The molecule has 3 nitrogen and oxygen atoms in total. The van der Waals surface area contributed by atoms with Gasteiger partial charge in [-0.05, 0) is 27.2 Å². The minimum atomic E-state index is 0.157. The zero-order valence-corrected chi connectivity index (χ0v) is 14.7. The zero-order valence-electron chi connectivity index (χ0n) is 13.1. The molecule has 1 aliphatic heterocycles. The van der Waals surface area contributed by atoms with E-state index < -0.39 is 0 Å². The van der Waals surface area contributed by atoms with Crippen molar-refractivity contribution in [2.75, 3.05) is 18.8 Å². The van der Waals surface area contributed by atoms with Crippen LogP contribution in [0.5, 0.6) is 0 Å². The van der Waals surface area contributed by atoms with Gasteiger partial charge in [0.2, 0.25) is 0 Å². The van der Waals surface area contributed by atoms with Gasteiger partial charge in [-0.3, -0.25) is 4.90 Å². The molecule has 1 N–H and O–H groups in total. The number of hydrogen-bond acceptors (Lipinski definition) is 5. The van der Waals surface area contributed by atoms with Crippen LogP contribution in [0.1, 0.15) is 44.8 Å². The molecule has 0 spiro atoms. The predicted octanol–water partition coefficient (Wildman–Crippen LogP) is 3.36. The number of aromatic nitrogens is 1. The van der Waals surface area contributed by atoms with Gasteiger partial charge >= 0.3 is 0 Å². The molecule has 1 atom stereocenters. The molecule has 1 aromatic rings. The Kier molecular flexibility index (Phi) is 5.90. The summed E-state index contributed by atoms with van der Waals surface area (Å²) in [5.74, 6) is 1.26. The summed E-state index contributed by atoms with van der Waals surface area (Å²) in [6.45, 7) is 13.2. The molecule has 1 unspecified atom stereocenters. The van der Waals surface area contributed by atoms with Gasteiger partial charge < -0.3 is 5.32 Å². The Morgan fingerprint density at radius 2 is 2.25 bits per heavy atom. The summed E-state index contributed by atoms with van der Waals surface area (Å²) in [7, 11) is 0. The SMILES string of the molecule is CCC1CN(Cc2csc(CNC(C)(C)C)n2)CCS1. The second-order valence-corrected chi connectivity index (χ2v) is 8.82. The summed E-state index contributed by atoms with van der Waals surface area (Å²) in [4.78, 5) is 7.32. The third-order valence-corrected chi connectivity index (χ3v) is 5.70. The van der Waals surface area contributed by atoms with E-state index in [0.29, 0.717) is 0 Å². The highest BCUT2D eigenvalue weighted by Gasteiger charge is 2.19. The van der Waals surface area contributed by atoms with Gasteiger partial charge in [-0.1, -0.05) is 6.92 Å². The van der Waals surface area contributed by atoms with E-state index in [1.807, 2.05) is 0 Å². The Morgan fingerprint density at radius 3 is 2.95 bits per heavy atom. The summed E-state index contributed by atoms with van der Waals surface area (Å²) in [5, 5.41) is 7.74. The lowest BCUT2D eigenvalue weighted by molar-refractivity contribution is 0.270. The second-order valence-electron chi connectivity index (χ2n) is 6.47. The molecule has 0 aliphatic carbocycles. The van der Waals surface area contributed by atoms with Crippen LogP contribution in [0.4, 0.5) is 0 Å². The maximum absolute atomic E-state index is 4.77. The number of thioether (sulfide) groups is 1. The fourth-order valence-electron chi connectivity index (χ4n) is 2.24. The molecule has 0 aromatic carbocycles. The molecule has 20 heavy (non-hydrogen) atoms. The highest BCUT2D eigenvalue weighted by molar-refractivity contribution is 8.00. The van der Waals surface area contributed by atoms with Crippen molar-refractivity contribution < 1.29 is 0 Å². The van der Waals surface area contributed by atoms with E-state index in [4.69, 9.17) is 4.98 Å². The first-order valence-electron chi connectivity index (χ1n) is 7.48. The Hall–Kier alpha value is -0.100. The molecule has 0 amide bonds. The standard InChI is InChI=1S/C15H27N3S2/c1-5-13-10-18(6-7-19-13)9-12-11-20-14(17-12)8-16-15(2,3)4/h11,13,16H,5-10H2,1-4H3. The lowest BCUT2D eigenvalue weighted by Gasteiger charge is -2.31. The molecule has 0 saturated carbocycles. The van der Waals surface area contributed by atoms with Crippen LogP contribution in [0, 0.1) is 0 Å². The van der Waals surface area contributed by atoms with E-state index in [2.05, 4.69) is 55.1 Å². The van der Waals surface area contributed by atoms with E-state index in [1.54, 1.807) is 11.3 Å².